The number of rotatable bonds is 6. The molecule has 0 spiro atoms. The monoisotopic (exact) mass is 472 g/mol. The second-order valence-corrected chi connectivity index (χ2v) is 8.16. The van der Waals surface area contributed by atoms with Gasteiger partial charge in [0.1, 0.15) is 6.04 Å². The Hall–Kier alpha value is -3.29. The third-order valence-corrected chi connectivity index (χ3v) is 5.78. The van der Waals surface area contributed by atoms with Gasteiger partial charge >= 0.3 is 19.2 Å². The van der Waals surface area contributed by atoms with Crippen molar-refractivity contribution in [3.05, 3.63) is 59.7 Å². The molecular weight excluding hydrogens is 448 g/mol. The molecule has 34 heavy (non-hydrogen) atoms. The highest BCUT2D eigenvalue weighted by atomic mass is 19.4. The van der Waals surface area contributed by atoms with Crippen molar-refractivity contribution in [1.82, 2.24) is 5.32 Å². The smallest absolute Gasteiger partial charge is 0.423 e. The molecule has 1 unspecified atom stereocenters. The molecular formula is C24H24BF3N2O4. The highest BCUT2D eigenvalue weighted by Crippen LogP contribution is 2.34. The predicted octanol–water partition coefficient (Wildman–Crippen LogP) is 2.54. The largest absolute Gasteiger partial charge is 0.488 e. The Morgan fingerprint density at radius 2 is 1.76 bits per heavy atom. The van der Waals surface area contributed by atoms with Gasteiger partial charge in [-0.2, -0.15) is 13.2 Å². The van der Waals surface area contributed by atoms with Crippen LogP contribution in [-0.4, -0.2) is 35.0 Å². The highest BCUT2D eigenvalue weighted by molar-refractivity contribution is 6.58. The first kappa shape index (κ1) is 25.3. The van der Waals surface area contributed by atoms with E-state index in [2.05, 4.69) is 5.32 Å². The zero-order valence-corrected chi connectivity index (χ0v) is 18.3. The summed E-state index contributed by atoms with van der Waals surface area (Å²) in [5.41, 5.74) is -1.01. The number of nitrogens with one attached hydrogen (secondary N) is 1. The van der Waals surface area contributed by atoms with Crippen LogP contribution in [0.2, 0.25) is 0 Å². The Morgan fingerprint density at radius 1 is 1.09 bits per heavy atom. The number of benzene rings is 2. The minimum absolute atomic E-state index is 0.0464. The minimum Gasteiger partial charge on any atom is -0.423 e. The van der Waals surface area contributed by atoms with Gasteiger partial charge in [-0.05, 0) is 48.0 Å². The van der Waals surface area contributed by atoms with Crippen molar-refractivity contribution in [2.45, 2.75) is 50.4 Å². The van der Waals surface area contributed by atoms with E-state index in [1.54, 1.807) is 0 Å². The second kappa shape index (κ2) is 10.8. The van der Waals surface area contributed by atoms with Crippen LogP contribution in [0.5, 0.6) is 0 Å². The van der Waals surface area contributed by atoms with E-state index >= 15 is 0 Å². The Morgan fingerprint density at radius 3 is 2.38 bits per heavy atom. The molecule has 0 heterocycles. The Balaban J connectivity index is 2.12. The van der Waals surface area contributed by atoms with Gasteiger partial charge in [-0.25, -0.2) is 0 Å². The molecule has 2 aromatic rings. The van der Waals surface area contributed by atoms with Gasteiger partial charge in [0.25, 0.3) is 0 Å². The van der Waals surface area contributed by atoms with Crippen LogP contribution in [0.4, 0.5) is 18.9 Å². The fraction of sp³-hybridized carbons (Fsp3) is 0.333. The maximum Gasteiger partial charge on any atom is 0.488 e. The van der Waals surface area contributed by atoms with E-state index in [0.717, 1.165) is 55.2 Å². The molecule has 178 valence electrons. The van der Waals surface area contributed by atoms with Crippen LogP contribution in [0.15, 0.2) is 48.5 Å². The summed E-state index contributed by atoms with van der Waals surface area (Å²) in [6, 6.07) is 8.03. The molecule has 1 atom stereocenters. The van der Waals surface area contributed by atoms with Gasteiger partial charge in [0.05, 0.1) is 5.56 Å². The van der Waals surface area contributed by atoms with Crippen molar-refractivity contribution < 1.29 is 32.8 Å². The van der Waals surface area contributed by atoms with E-state index < -0.39 is 36.7 Å². The maximum absolute atomic E-state index is 13.5. The van der Waals surface area contributed by atoms with Crippen LogP contribution in [-0.2, 0) is 15.8 Å². The summed E-state index contributed by atoms with van der Waals surface area (Å²) in [7, 11) is -1.85. The normalized spacial score (nSPS) is 15.2. The first-order chi connectivity index (χ1) is 16.1. The molecule has 3 N–H and O–H groups in total. The summed E-state index contributed by atoms with van der Waals surface area (Å²) >= 11 is 0. The lowest BCUT2D eigenvalue weighted by molar-refractivity contribution is -0.137. The SMILES string of the molecule is C#CC(=O)N(c1cccc(C(F)(F)F)c1)C(C(=O)NC1CCCCC1)c1cccc(B(O)O)c1. The van der Waals surface area contributed by atoms with Gasteiger partial charge in [-0.1, -0.05) is 49.6 Å². The molecule has 0 bridgehead atoms. The molecule has 10 heteroatoms. The third kappa shape index (κ3) is 5.98. The van der Waals surface area contributed by atoms with E-state index in [-0.39, 0.29) is 22.8 Å². The van der Waals surface area contributed by atoms with Gasteiger partial charge in [-0.15, -0.1) is 6.42 Å². The summed E-state index contributed by atoms with van der Waals surface area (Å²) < 4.78 is 40.1. The summed E-state index contributed by atoms with van der Waals surface area (Å²) in [6.45, 7) is 0. The van der Waals surface area contributed by atoms with Crippen molar-refractivity contribution in [3.8, 4) is 12.3 Å². The van der Waals surface area contributed by atoms with Gasteiger partial charge in [0, 0.05) is 11.7 Å². The molecule has 3 rings (SSSR count). The highest BCUT2D eigenvalue weighted by Gasteiger charge is 2.36. The molecule has 0 aromatic heterocycles. The van der Waals surface area contributed by atoms with Crippen LogP contribution in [0.1, 0.15) is 49.3 Å². The Labute approximate surface area is 195 Å². The lowest BCUT2D eigenvalue weighted by Gasteiger charge is -2.32. The van der Waals surface area contributed by atoms with E-state index in [1.165, 1.54) is 30.3 Å². The van der Waals surface area contributed by atoms with Gasteiger partial charge in [0.2, 0.25) is 5.91 Å². The molecule has 0 radical (unpaired) electrons. The van der Waals surface area contributed by atoms with Crippen molar-refractivity contribution >= 4 is 30.1 Å². The van der Waals surface area contributed by atoms with Crippen molar-refractivity contribution in [2.75, 3.05) is 4.90 Å². The minimum atomic E-state index is -4.68. The molecule has 1 saturated carbocycles. The van der Waals surface area contributed by atoms with Crippen LogP contribution in [0.25, 0.3) is 0 Å². The van der Waals surface area contributed by atoms with Crippen LogP contribution in [0, 0.1) is 12.3 Å². The fourth-order valence-corrected chi connectivity index (χ4v) is 4.12. The first-order valence-electron chi connectivity index (χ1n) is 10.8. The predicted molar refractivity (Wildman–Crippen MR) is 122 cm³/mol. The number of alkyl halides is 3. The summed E-state index contributed by atoms with van der Waals surface area (Å²) in [5, 5.41) is 22.1. The maximum atomic E-state index is 13.5. The standard InChI is InChI=1S/C24H24BF3N2O4/c1-2-21(31)30(20-13-7-9-17(15-20)24(26,27)28)22(16-8-6-10-18(14-16)25(33)34)23(32)29-19-11-4-3-5-12-19/h1,6-10,13-15,19,22,33-34H,3-5,11-12H2,(H,29,32). The van der Waals surface area contributed by atoms with Crippen molar-refractivity contribution in [1.29, 1.82) is 0 Å². The van der Waals surface area contributed by atoms with Crippen LogP contribution >= 0.6 is 0 Å². The number of carbonyl (C=O) groups is 2. The molecule has 6 nitrogen and oxygen atoms in total. The topological polar surface area (TPSA) is 89.9 Å². The molecule has 0 saturated heterocycles. The number of hydrogen-bond acceptors (Lipinski definition) is 4. The molecule has 1 aliphatic rings. The lowest BCUT2D eigenvalue weighted by Crippen LogP contribution is -2.47. The van der Waals surface area contributed by atoms with Crippen molar-refractivity contribution in [3.63, 3.8) is 0 Å². The lowest BCUT2D eigenvalue weighted by atomic mass is 9.79. The summed E-state index contributed by atoms with van der Waals surface area (Å²) in [5.74, 6) is 0.252. The quantitative estimate of drug-likeness (QED) is 0.446. The van der Waals surface area contributed by atoms with Crippen LogP contribution < -0.4 is 15.7 Å². The zero-order chi connectivity index (χ0) is 24.9. The number of hydrogen-bond donors (Lipinski definition) is 3. The molecule has 2 amide bonds. The van der Waals surface area contributed by atoms with Crippen LogP contribution in [0.3, 0.4) is 0 Å². The van der Waals surface area contributed by atoms with E-state index in [4.69, 9.17) is 6.42 Å². The van der Waals surface area contributed by atoms with E-state index in [0.29, 0.717) is 0 Å². The second-order valence-electron chi connectivity index (χ2n) is 8.16. The van der Waals surface area contributed by atoms with Gasteiger partial charge in [-0.3, -0.25) is 14.5 Å². The average molecular weight is 472 g/mol. The molecule has 1 aliphatic carbocycles. The van der Waals surface area contributed by atoms with Gasteiger partial charge in [0.15, 0.2) is 0 Å². The number of terminal acetylenes is 1. The van der Waals surface area contributed by atoms with E-state index in [1.807, 2.05) is 5.92 Å². The average Bonchev–Trinajstić information content (AvgIpc) is 2.82. The van der Waals surface area contributed by atoms with E-state index in [9.17, 15) is 32.8 Å². The summed E-state index contributed by atoms with van der Waals surface area (Å²) in [6.07, 6.45) is 5.01. The molecule has 1 fully saturated rings. The summed E-state index contributed by atoms with van der Waals surface area (Å²) in [4.78, 5) is 27.2. The Kier molecular flexibility index (Phi) is 8.02. The number of carbonyl (C=O) groups excluding carboxylic acids is 2. The van der Waals surface area contributed by atoms with Gasteiger partial charge < -0.3 is 15.4 Å². The number of amides is 2. The molecule has 2 aromatic carbocycles. The fourth-order valence-electron chi connectivity index (χ4n) is 4.12. The van der Waals surface area contributed by atoms with Crippen molar-refractivity contribution in [2.24, 2.45) is 0 Å². The number of halogens is 3. The number of nitrogens with zero attached hydrogens (tertiary/aromatic N) is 1. The number of anilines is 1. The Bertz CT molecular complexity index is 1080. The third-order valence-electron chi connectivity index (χ3n) is 5.78. The zero-order valence-electron chi connectivity index (χ0n) is 18.3. The molecule has 0 aliphatic heterocycles. The first-order valence-corrected chi connectivity index (χ1v) is 10.8.